The van der Waals surface area contributed by atoms with Crippen LogP contribution in [0.4, 0.5) is 0 Å². The number of rotatable bonds is 7. The number of nitrogens with one attached hydrogen (secondary N) is 1. The highest BCUT2D eigenvalue weighted by atomic mass is 35.5. The standard InChI is InChI=1S/C21H22ClNO3/c1-13(24)16-7-10-19(26-2)17(11-16)12-20(25)23-21(14-3-4-14)15-5-8-18(22)9-6-15/h5-11,14,21H,3-4,12H2,1-2H3,(H,23,25)/t21-/m0/s1. The van der Waals surface area contributed by atoms with Crippen LogP contribution in [0, 0.1) is 5.92 Å². The molecule has 1 aliphatic rings. The first-order valence-electron chi connectivity index (χ1n) is 8.70. The summed E-state index contributed by atoms with van der Waals surface area (Å²) in [5, 5.41) is 3.82. The van der Waals surface area contributed by atoms with E-state index in [0.29, 0.717) is 27.8 Å². The maximum Gasteiger partial charge on any atom is 0.225 e. The number of Topliss-reactive ketones (excluding diaryl/α,β-unsaturated/α-hetero) is 1. The van der Waals surface area contributed by atoms with Crippen LogP contribution >= 0.6 is 11.6 Å². The molecular formula is C21H22ClNO3. The fourth-order valence-electron chi connectivity index (χ4n) is 3.11. The van der Waals surface area contributed by atoms with Gasteiger partial charge < -0.3 is 10.1 Å². The van der Waals surface area contributed by atoms with E-state index >= 15 is 0 Å². The fraction of sp³-hybridized carbons (Fsp3) is 0.333. The first-order valence-corrected chi connectivity index (χ1v) is 9.08. The Morgan fingerprint density at radius 3 is 2.46 bits per heavy atom. The predicted octanol–water partition coefficient (Wildman–Crippen LogP) is 4.36. The van der Waals surface area contributed by atoms with E-state index in [4.69, 9.17) is 16.3 Å². The van der Waals surface area contributed by atoms with Crippen molar-refractivity contribution in [2.24, 2.45) is 5.92 Å². The molecule has 0 aromatic heterocycles. The van der Waals surface area contributed by atoms with Crippen LogP contribution < -0.4 is 10.1 Å². The molecule has 0 spiro atoms. The van der Waals surface area contributed by atoms with Crippen LogP contribution in [-0.2, 0) is 11.2 Å². The van der Waals surface area contributed by atoms with Crippen molar-refractivity contribution >= 4 is 23.3 Å². The second-order valence-electron chi connectivity index (χ2n) is 6.69. The van der Waals surface area contributed by atoms with Gasteiger partial charge in [0.05, 0.1) is 19.6 Å². The van der Waals surface area contributed by atoms with Crippen LogP contribution in [0.15, 0.2) is 42.5 Å². The van der Waals surface area contributed by atoms with Gasteiger partial charge in [-0.05, 0) is 61.6 Å². The molecule has 1 saturated carbocycles. The summed E-state index contributed by atoms with van der Waals surface area (Å²) in [7, 11) is 1.56. The number of hydrogen-bond donors (Lipinski definition) is 1. The third-order valence-corrected chi connectivity index (χ3v) is 4.93. The summed E-state index contributed by atoms with van der Waals surface area (Å²) in [5.74, 6) is 0.951. The molecule has 0 heterocycles. The molecule has 0 bridgehead atoms. The van der Waals surface area contributed by atoms with E-state index in [1.54, 1.807) is 25.3 Å². The summed E-state index contributed by atoms with van der Waals surface area (Å²) in [5.41, 5.74) is 2.35. The van der Waals surface area contributed by atoms with Gasteiger partial charge in [-0.2, -0.15) is 0 Å². The highest BCUT2D eigenvalue weighted by Crippen LogP contribution is 2.41. The van der Waals surface area contributed by atoms with E-state index < -0.39 is 0 Å². The Bertz CT molecular complexity index is 813. The molecular weight excluding hydrogens is 350 g/mol. The number of halogens is 1. The maximum absolute atomic E-state index is 12.7. The molecule has 2 aromatic rings. The second kappa shape index (κ2) is 7.92. The van der Waals surface area contributed by atoms with E-state index in [0.717, 1.165) is 18.4 Å². The van der Waals surface area contributed by atoms with Gasteiger partial charge in [-0.25, -0.2) is 0 Å². The summed E-state index contributed by atoms with van der Waals surface area (Å²) in [6, 6.07) is 12.8. The number of benzene rings is 2. The summed E-state index contributed by atoms with van der Waals surface area (Å²) >= 11 is 5.97. The van der Waals surface area contributed by atoms with Crippen LogP contribution in [0.2, 0.25) is 5.02 Å². The van der Waals surface area contributed by atoms with Crippen molar-refractivity contribution in [1.82, 2.24) is 5.32 Å². The largest absolute Gasteiger partial charge is 0.496 e. The fourth-order valence-corrected chi connectivity index (χ4v) is 3.23. The Morgan fingerprint density at radius 2 is 1.88 bits per heavy atom. The molecule has 136 valence electrons. The Morgan fingerprint density at radius 1 is 1.19 bits per heavy atom. The Labute approximate surface area is 158 Å². The zero-order chi connectivity index (χ0) is 18.7. The molecule has 1 fully saturated rings. The summed E-state index contributed by atoms with van der Waals surface area (Å²) in [6.45, 7) is 1.51. The minimum atomic E-state index is -0.0872. The zero-order valence-corrected chi connectivity index (χ0v) is 15.7. The van der Waals surface area contributed by atoms with Gasteiger partial charge in [-0.1, -0.05) is 23.7 Å². The average Bonchev–Trinajstić information content (AvgIpc) is 3.45. The Kier molecular flexibility index (Phi) is 5.62. The topological polar surface area (TPSA) is 55.4 Å². The van der Waals surface area contributed by atoms with Gasteiger partial charge in [-0.15, -0.1) is 0 Å². The van der Waals surface area contributed by atoms with Gasteiger partial charge in [-0.3, -0.25) is 9.59 Å². The summed E-state index contributed by atoms with van der Waals surface area (Å²) in [4.78, 5) is 24.3. The third-order valence-electron chi connectivity index (χ3n) is 4.68. The minimum Gasteiger partial charge on any atom is -0.496 e. The lowest BCUT2D eigenvalue weighted by molar-refractivity contribution is -0.121. The van der Waals surface area contributed by atoms with Crippen LogP contribution in [0.25, 0.3) is 0 Å². The molecule has 2 aromatic carbocycles. The van der Waals surface area contributed by atoms with E-state index in [9.17, 15) is 9.59 Å². The van der Waals surface area contributed by atoms with E-state index in [-0.39, 0.29) is 24.2 Å². The van der Waals surface area contributed by atoms with Gasteiger partial charge in [0.1, 0.15) is 5.75 Å². The predicted molar refractivity (Wildman–Crippen MR) is 102 cm³/mol. The molecule has 0 radical (unpaired) electrons. The number of amides is 1. The number of methoxy groups -OCH3 is 1. The highest BCUT2D eigenvalue weighted by molar-refractivity contribution is 6.30. The quantitative estimate of drug-likeness (QED) is 0.735. The smallest absolute Gasteiger partial charge is 0.225 e. The van der Waals surface area contributed by atoms with Crippen molar-refractivity contribution < 1.29 is 14.3 Å². The molecule has 0 saturated heterocycles. The lowest BCUT2D eigenvalue weighted by atomic mass is 10.0. The van der Waals surface area contributed by atoms with Crippen molar-refractivity contribution in [3.8, 4) is 5.75 Å². The monoisotopic (exact) mass is 371 g/mol. The molecule has 0 aliphatic heterocycles. The SMILES string of the molecule is COc1ccc(C(C)=O)cc1CC(=O)N[C@H](c1ccc(Cl)cc1)C1CC1. The number of carbonyl (C=O) groups excluding carboxylic acids is 2. The highest BCUT2D eigenvalue weighted by Gasteiger charge is 2.33. The van der Waals surface area contributed by atoms with Crippen molar-refractivity contribution in [2.45, 2.75) is 32.2 Å². The number of carbonyl (C=O) groups is 2. The van der Waals surface area contributed by atoms with E-state index in [2.05, 4.69) is 5.32 Å². The zero-order valence-electron chi connectivity index (χ0n) is 14.9. The van der Waals surface area contributed by atoms with Crippen LogP contribution in [-0.4, -0.2) is 18.8 Å². The van der Waals surface area contributed by atoms with Crippen LogP contribution in [0.5, 0.6) is 5.75 Å². The first-order chi connectivity index (χ1) is 12.5. The van der Waals surface area contributed by atoms with Crippen molar-refractivity contribution in [3.05, 3.63) is 64.2 Å². The molecule has 1 aliphatic carbocycles. The molecule has 5 heteroatoms. The Hall–Kier alpha value is -2.33. The molecule has 1 atom stereocenters. The van der Waals surface area contributed by atoms with Crippen LogP contribution in [0.3, 0.4) is 0 Å². The van der Waals surface area contributed by atoms with Gasteiger partial charge >= 0.3 is 0 Å². The molecule has 4 nitrogen and oxygen atoms in total. The van der Waals surface area contributed by atoms with E-state index in [1.165, 1.54) is 6.92 Å². The average molecular weight is 372 g/mol. The van der Waals surface area contributed by atoms with Crippen LogP contribution in [0.1, 0.15) is 47.3 Å². The normalized spacial score (nSPS) is 14.6. The number of ether oxygens (including phenoxy) is 1. The number of hydrogen-bond acceptors (Lipinski definition) is 3. The van der Waals surface area contributed by atoms with Gasteiger partial charge in [0, 0.05) is 16.1 Å². The molecule has 3 rings (SSSR count). The molecule has 1 N–H and O–H groups in total. The number of ketones is 1. The lowest BCUT2D eigenvalue weighted by Gasteiger charge is -2.19. The summed E-state index contributed by atoms with van der Waals surface area (Å²) in [6.07, 6.45) is 2.38. The Balaban J connectivity index is 1.76. The third kappa shape index (κ3) is 4.44. The molecule has 0 unspecified atom stereocenters. The van der Waals surface area contributed by atoms with Gasteiger partial charge in [0.15, 0.2) is 5.78 Å². The second-order valence-corrected chi connectivity index (χ2v) is 7.13. The van der Waals surface area contributed by atoms with Crippen molar-refractivity contribution in [1.29, 1.82) is 0 Å². The van der Waals surface area contributed by atoms with Crippen molar-refractivity contribution in [2.75, 3.05) is 7.11 Å². The van der Waals surface area contributed by atoms with Gasteiger partial charge in [0.2, 0.25) is 5.91 Å². The van der Waals surface area contributed by atoms with Crippen molar-refractivity contribution in [3.63, 3.8) is 0 Å². The lowest BCUT2D eigenvalue weighted by Crippen LogP contribution is -2.31. The summed E-state index contributed by atoms with van der Waals surface area (Å²) < 4.78 is 5.34. The minimum absolute atomic E-state index is 0.0123. The molecule has 1 amide bonds. The van der Waals surface area contributed by atoms with Gasteiger partial charge in [0.25, 0.3) is 0 Å². The first kappa shape index (κ1) is 18.5. The molecule has 26 heavy (non-hydrogen) atoms. The van der Waals surface area contributed by atoms with E-state index in [1.807, 2.05) is 24.3 Å². The maximum atomic E-state index is 12.7.